The fourth-order valence-electron chi connectivity index (χ4n) is 10.5. The van der Waals surface area contributed by atoms with Gasteiger partial charge in [0.05, 0.1) is 67.1 Å². The van der Waals surface area contributed by atoms with Gasteiger partial charge in [-0.05, 0) is 101 Å². The number of benzene rings is 1. The fourth-order valence-corrected chi connectivity index (χ4v) is 10.5. The molecule has 0 saturated heterocycles. The molecule has 0 saturated carbocycles. The molecule has 1 aromatic heterocycles. The number of aliphatic hydroxyl groups is 1. The van der Waals surface area contributed by atoms with Gasteiger partial charge in [0.1, 0.15) is 24.3 Å². The first-order chi connectivity index (χ1) is 37.4. The summed E-state index contributed by atoms with van der Waals surface area (Å²) in [5.74, 6) is -6.49. The second-order valence-corrected chi connectivity index (χ2v) is 21.5. The van der Waals surface area contributed by atoms with Crippen molar-refractivity contribution >= 4 is 64.8 Å². The number of esters is 2. The van der Waals surface area contributed by atoms with Crippen LogP contribution in [0.2, 0.25) is 0 Å². The summed E-state index contributed by atoms with van der Waals surface area (Å²) in [4.78, 5) is 146. The summed E-state index contributed by atoms with van der Waals surface area (Å²) in [5, 5.41) is 29.8. The zero-order valence-electron chi connectivity index (χ0n) is 45.2. The van der Waals surface area contributed by atoms with Gasteiger partial charge in [0.2, 0.25) is 35.4 Å². The third-order valence-electron chi connectivity index (χ3n) is 14.8. The van der Waals surface area contributed by atoms with Crippen LogP contribution in [0, 0.1) is 18.7 Å². The Morgan fingerprint density at radius 1 is 0.861 bits per heavy atom. The van der Waals surface area contributed by atoms with Crippen LogP contribution in [0.15, 0.2) is 34.1 Å². The highest BCUT2D eigenvalue weighted by Crippen LogP contribution is 2.45. The number of fused-ring (bicyclic) bond motifs is 5. The molecule has 426 valence electrons. The zero-order chi connectivity index (χ0) is 57.5. The maximum Gasteiger partial charge on any atom is 0.316 e. The summed E-state index contributed by atoms with van der Waals surface area (Å²) < 4.78 is 27.8. The van der Waals surface area contributed by atoms with Crippen LogP contribution in [0.5, 0.6) is 0 Å². The smallest absolute Gasteiger partial charge is 0.316 e. The number of hydrogen-bond donors (Lipinski definition) is 8. The minimum absolute atomic E-state index is 0.00246. The van der Waals surface area contributed by atoms with Crippen LogP contribution < -0.4 is 53.4 Å². The lowest BCUT2D eigenvalue weighted by molar-refractivity contribution is -0.156. The Bertz CT molecular complexity index is 3040. The molecule has 5 heterocycles. The number of hydrogen-bond acceptors (Lipinski definition) is 16. The molecule has 0 spiro atoms. The molecule has 5 unspecified atom stereocenters. The van der Waals surface area contributed by atoms with Gasteiger partial charge >= 0.3 is 11.9 Å². The van der Waals surface area contributed by atoms with E-state index in [1.807, 2.05) is 13.0 Å². The van der Waals surface area contributed by atoms with E-state index in [4.69, 9.17) is 14.5 Å². The number of aliphatic hydroxyl groups excluding tert-OH is 1. The molecule has 4 aliphatic heterocycles. The van der Waals surface area contributed by atoms with Gasteiger partial charge in [0.15, 0.2) is 0 Å². The van der Waals surface area contributed by atoms with Crippen molar-refractivity contribution in [3.63, 3.8) is 0 Å². The number of ether oxygens (including phenoxy) is 2. The maximum absolute atomic E-state index is 15.4. The van der Waals surface area contributed by atoms with E-state index in [2.05, 4.69) is 37.2 Å². The SMILES string of the molecule is CC[C@@]1(C)C(=O)OCc2c1cc1n(c2=O)CC2C3=c4c(c(C)c(F)cc4=NC12)CCC3NC(=O)CCNC(=O)CNC(=O)CNC(=O)CNC(=O)CNC(O)C(CC(=O)OC(C)(C)C)NC(=O)CCCCCN1C(=O)C=CC1=O. The highest BCUT2D eigenvalue weighted by Gasteiger charge is 2.47. The van der Waals surface area contributed by atoms with Crippen molar-refractivity contribution in [2.75, 3.05) is 39.3 Å². The van der Waals surface area contributed by atoms with Crippen molar-refractivity contribution in [3.8, 4) is 0 Å². The van der Waals surface area contributed by atoms with Crippen LogP contribution >= 0.6 is 0 Å². The maximum atomic E-state index is 15.4. The van der Waals surface area contributed by atoms with E-state index >= 15 is 4.39 Å². The normalized spacial score (nSPS) is 20.3. The quantitative estimate of drug-likeness (QED) is 0.0246. The Labute approximate surface area is 454 Å². The fraction of sp³-hybridized carbons (Fsp3) is 0.556. The molecule has 0 fully saturated rings. The second kappa shape index (κ2) is 25.0. The Morgan fingerprint density at radius 3 is 2.15 bits per heavy atom. The summed E-state index contributed by atoms with van der Waals surface area (Å²) in [6.07, 6.45) is 2.83. The lowest BCUT2D eigenvalue weighted by Crippen LogP contribution is -2.53. The Balaban J connectivity index is 0.819. The minimum atomic E-state index is -1.62. The first-order valence-electron chi connectivity index (χ1n) is 26.6. The van der Waals surface area contributed by atoms with Gasteiger partial charge < -0.3 is 51.0 Å². The van der Waals surface area contributed by atoms with Crippen molar-refractivity contribution in [1.82, 2.24) is 46.7 Å². The van der Waals surface area contributed by atoms with E-state index in [1.165, 1.54) is 18.2 Å². The van der Waals surface area contributed by atoms with Gasteiger partial charge in [-0.15, -0.1) is 0 Å². The topological polar surface area (TPSA) is 331 Å². The van der Waals surface area contributed by atoms with Crippen molar-refractivity contribution in [3.05, 3.63) is 79.0 Å². The summed E-state index contributed by atoms with van der Waals surface area (Å²) in [5.41, 5.74) is 1.56. The predicted octanol–water partition coefficient (Wildman–Crippen LogP) is -1.93. The van der Waals surface area contributed by atoms with Crippen LogP contribution in [0.25, 0.3) is 5.57 Å². The number of carbonyl (C=O) groups is 10. The molecule has 8 N–H and O–H groups in total. The average molecular weight is 1100 g/mol. The summed E-state index contributed by atoms with van der Waals surface area (Å²) in [6, 6.07) is 0.945. The number of cyclic esters (lactones) is 1. The predicted molar refractivity (Wildman–Crippen MR) is 277 cm³/mol. The molecule has 0 bridgehead atoms. The Morgan fingerprint density at radius 2 is 1.51 bits per heavy atom. The third-order valence-corrected chi connectivity index (χ3v) is 14.8. The summed E-state index contributed by atoms with van der Waals surface area (Å²) >= 11 is 0. The van der Waals surface area contributed by atoms with Crippen LogP contribution in [0.3, 0.4) is 0 Å². The second-order valence-electron chi connectivity index (χ2n) is 21.5. The van der Waals surface area contributed by atoms with E-state index < -0.39 is 127 Å². The number of carbonyl (C=O) groups excluding carboxylic acids is 10. The average Bonchev–Trinajstić information content (AvgIpc) is 4.18. The molecule has 2 aromatic rings. The molecule has 24 nitrogen and oxygen atoms in total. The van der Waals surface area contributed by atoms with E-state index in [9.17, 15) is 57.8 Å². The van der Waals surface area contributed by atoms with Crippen LogP contribution in [-0.2, 0) is 82.4 Å². The molecule has 1 aliphatic carbocycles. The number of rotatable bonds is 24. The highest BCUT2D eigenvalue weighted by atomic mass is 19.1. The van der Waals surface area contributed by atoms with Crippen LogP contribution in [-0.4, -0.2) is 137 Å². The Hall–Kier alpha value is -7.67. The van der Waals surface area contributed by atoms with Gasteiger partial charge in [-0.1, -0.05) is 13.3 Å². The third kappa shape index (κ3) is 14.0. The molecule has 7 rings (SSSR count). The molecule has 5 aliphatic rings. The summed E-state index contributed by atoms with van der Waals surface area (Å²) in [6.45, 7) is 8.31. The standard InChI is InChI=1S/C54H69FN10O14/c1-7-54(6)32-19-37-49-30(26-65(37)51(76)31(32)27-78-52(54)77)48-34(13-12-29-28(2)33(55)20-35(63-49)47(29)48)61-39(67)16-17-56-40(68)22-57-41(69)23-58-42(70)24-59-43(71)25-60-50(75)36(21-46(74)79-53(3,4)5)62-38(66)11-9-8-10-18-64-44(72)14-15-45(64)73/h14-15,19-20,30,34,36,49-50,60,75H,7-13,16-18,21-27H2,1-6H3,(H,56,68)(H,57,69)(H,58,70)(H,59,71)(H,61,67)(H,62,66)/t30?,34?,36?,49?,50?,54-/m1/s1. The molecule has 6 atom stereocenters. The minimum Gasteiger partial charge on any atom is -0.460 e. The molecule has 1 aromatic carbocycles. The number of nitrogens with one attached hydrogen (secondary N) is 7. The number of imide groups is 1. The lowest BCUT2D eigenvalue weighted by Gasteiger charge is -2.35. The largest absolute Gasteiger partial charge is 0.460 e. The molecule has 0 radical (unpaired) electrons. The van der Waals surface area contributed by atoms with E-state index in [-0.39, 0.29) is 56.5 Å². The number of aromatic nitrogens is 1. The first kappa shape index (κ1) is 59.0. The molecular formula is C54H69FN10O14. The molecular weight excluding hydrogens is 1030 g/mol. The van der Waals surface area contributed by atoms with Crippen molar-refractivity contribution in [2.45, 2.75) is 148 Å². The molecule has 79 heavy (non-hydrogen) atoms. The van der Waals surface area contributed by atoms with Gasteiger partial charge in [0, 0.05) is 61.5 Å². The molecule has 8 amide bonds. The van der Waals surface area contributed by atoms with E-state index in [1.54, 1.807) is 39.2 Å². The number of pyridine rings is 1. The lowest BCUT2D eigenvalue weighted by atomic mass is 9.75. The van der Waals surface area contributed by atoms with Gasteiger partial charge in [-0.3, -0.25) is 67.9 Å². The van der Waals surface area contributed by atoms with Gasteiger partial charge in [-0.2, -0.15) is 0 Å². The van der Waals surface area contributed by atoms with Gasteiger partial charge in [-0.25, -0.2) is 4.39 Å². The number of amides is 8. The van der Waals surface area contributed by atoms with Crippen molar-refractivity contribution in [1.29, 1.82) is 0 Å². The van der Waals surface area contributed by atoms with E-state index in [0.717, 1.165) is 21.3 Å². The zero-order valence-corrected chi connectivity index (χ0v) is 45.2. The number of unbranched alkanes of at least 4 members (excludes halogenated alkanes) is 2. The Kier molecular flexibility index (Phi) is 18.7. The van der Waals surface area contributed by atoms with Crippen LogP contribution in [0.4, 0.5) is 4.39 Å². The van der Waals surface area contributed by atoms with Gasteiger partial charge in [0.25, 0.3) is 17.4 Å². The number of nitrogens with zero attached hydrogens (tertiary/aromatic N) is 3. The number of halogens is 1. The monoisotopic (exact) mass is 1100 g/mol. The first-order valence-corrected chi connectivity index (χ1v) is 26.6. The van der Waals surface area contributed by atoms with Crippen molar-refractivity contribution < 1.29 is 66.9 Å². The highest BCUT2D eigenvalue weighted by molar-refractivity contribution is 6.12. The molecule has 25 heteroatoms. The summed E-state index contributed by atoms with van der Waals surface area (Å²) in [7, 11) is 0. The van der Waals surface area contributed by atoms with Crippen molar-refractivity contribution in [2.24, 2.45) is 10.9 Å². The van der Waals surface area contributed by atoms with Crippen LogP contribution in [0.1, 0.15) is 120 Å². The van der Waals surface area contributed by atoms with E-state index in [0.29, 0.717) is 66.3 Å².